The Kier molecular flexibility index (Phi) is 7.20. The minimum atomic E-state index is -0.305. The molecule has 0 fully saturated rings. The van der Waals surface area contributed by atoms with E-state index in [0.29, 0.717) is 18.2 Å². The molecule has 0 spiro atoms. The smallest absolute Gasteiger partial charge is 0.274 e. The Labute approximate surface area is 202 Å². The van der Waals surface area contributed by atoms with Gasteiger partial charge >= 0.3 is 0 Å². The molecule has 174 valence electrons. The Morgan fingerprint density at radius 2 is 1.76 bits per heavy atom. The molecule has 0 saturated carbocycles. The molecule has 2 aromatic carbocycles. The molecule has 0 bridgehead atoms. The minimum absolute atomic E-state index is 0.182. The summed E-state index contributed by atoms with van der Waals surface area (Å²) in [6.07, 6.45) is 1.91. The van der Waals surface area contributed by atoms with E-state index in [1.54, 1.807) is 23.7 Å². The standard InChI is InChI=1S/C25H24ClN5O3/c1-29(25(33)22-12-13-23(32)30(27-22)14-15-34-2)16-19-17-31(21-6-4-3-5-7-21)28-24(19)18-8-10-20(26)11-9-18/h3-13,17H,14-16H2,1-2H3. The fourth-order valence-corrected chi connectivity index (χ4v) is 3.64. The number of carbonyl (C=O) groups excluding carboxylic acids is 1. The van der Waals surface area contributed by atoms with Gasteiger partial charge in [-0.3, -0.25) is 9.59 Å². The Balaban J connectivity index is 1.64. The summed E-state index contributed by atoms with van der Waals surface area (Å²) >= 11 is 6.07. The van der Waals surface area contributed by atoms with Gasteiger partial charge in [0.15, 0.2) is 0 Å². The first-order valence-corrected chi connectivity index (χ1v) is 11.1. The zero-order valence-electron chi connectivity index (χ0n) is 18.9. The molecular weight excluding hydrogens is 454 g/mol. The summed E-state index contributed by atoms with van der Waals surface area (Å²) in [4.78, 5) is 26.7. The second-order valence-corrected chi connectivity index (χ2v) is 8.16. The summed E-state index contributed by atoms with van der Waals surface area (Å²) in [6, 6.07) is 20.0. The molecular formula is C25H24ClN5O3. The van der Waals surface area contributed by atoms with Crippen molar-refractivity contribution >= 4 is 17.5 Å². The Hall–Kier alpha value is -3.75. The average molecular weight is 478 g/mol. The maximum absolute atomic E-state index is 13.1. The van der Waals surface area contributed by atoms with Crippen LogP contribution in [0.4, 0.5) is 0 Å². The lowest BCUT2D eigenvalue weighted by Gasteiger charge is -2.17. The van der Waals surface area contributed by atoms with Crippen molar-refractivity contribution in [3.05, 3.63) is 99.6 Å². The SMILES string of the molecule is COCCn1nc(C(=O)N(C)Cc2cn(-c3ccccc3)nc2-c2ccc(Cl)cc2)ccc1=O. The van der Waals surface area contributed by atoms with Crippen LogP contribution in [0.3, 0.4) is 0 Å². The van der Waals surface area contributed by atoms with Gasteiger partial charge in [0.1, 0.15) is 5.69 Å². The molecule has 0 radical (unpaired) electrons. The van der Waals surface area contributed by atoms with Gasteiger partial charge in [-0.25, -0.2) is 9.36 Å². The van der Waals surface area contributed by atoms with Crippen LogP contribution in [0.2, 0.25) is 5.02 Å². The molecule has 2 aromatic heterocycles. The second kappa shape index (κ2) is 10.5. The van der Waals surface area contributed by atoms with Crippen LogP contribution in [0, 0.1) is 0 Å². The van der Waals surface area contributed by atoms with Crippen LogP contribution in [0.25, 0.3) is 16.9 Å². The number of rotatable bonds is 8. The predicted octanol–water partition coefficient (Wildman–Crippen LogP) is 3.67. The summed E-state index contributed by atoms with van der Waals surface area (Å²) in [6.45, 7) is 0.886. The van der Waals surface area contributed by atoms with Crippen molar-refractivity contribution in [2.75, 3.05) is 20.8 Å². The number of halogens is 1. The van der Waals surface area contributed by atoms with E-state index in [4.69, 9.17) is 21.4 Å². The quantitative estimate of drug-likeness (QED) is 0.386. The molecule has 4 aromatic rings. The first kappa shape index (κ1) is 23.4. The van der Waals surface area contributed by atoms with E-state index in [0.717, 1.165) is 22.5 Å². The van der Waals surface area contributed by atoms with Crippen molar-refractivity contribution in [1.82, 2.24) is 24.5 Å². The van der Waals surface area contributed by atoms with E-state index in [1.165, 1.54) is 16.8 Å². The molecule has 9 heteroatoms. The summed E-state index contributed by atoms with van der Waals surface area (Å²) < 4.78 is 8.04. The first-order chi connectivity index (χ1) is 16.5. The highest BCUT2D eigenvalue weighted by Gasteiger charge is 2.19. The third kappa shape index (κ3) is 5.24. The van der Waals surface area contributed by atoms with Crippen molar-refractivity contribution in [3.8, 4) is 16.9 Å². The van der Waals surface area contributed by atoms with E-state index in [2.05, 4.69) is 5.10 Å². The molecule has 0 aliphatic carbocycles. The Bertz CT molecular complexity index is 1330. The highest BCUT2D eigenvalue weighted by atomic mass is 35.5. The number of carbonyl (C=O) groups is 1. The van der Waals surface area contributed by atoms with Gasteiger partial charge in [0, 0.05) is 49.1 Å². The molecule has 0 aliphatic rings. The second-order valence-electron chi connectivity index (χ2n) is 7.72. The Morgan fingerprint density at radius 1 is 1.03 bits per heavy atom. The zero-order valence-corrected chi connectivity index (χ0v) is 19.6. The van der Waals surface area contributed by atoms with Gasteiger partial charge in [-0.2, -0.15) is 10.2 Å². The Morgan fingerprint density at radius 3 is 2.47 bits per heavy atom. The van der Waals surface area contributed by atoms with Crippen LogP contribution < -0.4 is 5.56 Å². The molecule has 34 heavy (non-hydrogen) atoms. The van der Waals surface area contributed by atoms with Gasteiger partial charge in [0.25, 0.3) is 11.5 Å². The first-order valence-electron chi connectivity index (χ1n) is 10.7. The van der Waals surface area contributed by atoms with Crippen LogP contribution in [-0.4, -0.2) is 51.1 Å². The number of aromatic nitrogens is 4. The lowest BCUT2D eigenvalue weighted by molar-refractivity contribution is 0.0775. The van der Waals surface area contributed by atoms with Crippen molar-refractivity contribution in [2.45, 2.75) is 13.1 Å². The number of amides is 1. The monoisotopic (exact) mass is 477 g/mol. The molecule has 0 aliphatic heterocycles. The van der Waals surface area contributed by atoms with Crippen LogP contribution in [-0.2, 0) is 17.8 Å². The molecule has 0 saturated heterocycles. The molecule has 2 heterocycles. The van der Waals surface area contributed by atoms with Gasteiger partial charge in [-0.1, -0.05) is 41.9 Å². The zero-order chi connectivity index (χ0) is 24.1. The lowest BCUT2D eigenvalue weighted by Crippen LogP contribution is -2.31. The number of hydrogen-bond donors (Lipinski definition) is 0. The molecule has 0 unspecified atom stereocenters. The van der Waals surface area contributed by atoms with E-state index in [9.17, 15) is 9.59 Å². The van der Waals surface area contributed by atoms with Gasteiger partial charge in [-0.15, -0.1) is 0 Å². The minimum Gasteiger partial charge on any atom is -0.383 e. The number of benzene rings is 2. The van der Waals surface area contributed by atoms with E-state index in [-0.39, 0.29) is 23.7 Å². The van der Waals surface area contributed by atoms with Crippen molar-refractivity contribution in [1.29, 1.82) is 0 Å². The van der Waals surface area contributed by atoms with E-state index < -0.39 is 0 Å². The van der Waals surface area contributed by atoms with Crippen molar-refractivity contribution < 1.29 is 9.53 Å². The highest BCUT2D eigenvalue weighted by molar-refractivity contribution is 6.30. The highest BCUT2D eigenvalue weighted by Crippen LogP contribution is 2.26. The summed E-state index contributed by atoms with van der Waals surface area (Å²) in [5.74, 6) is -0.305. The lowest BCUT2D eigenvalue weighted by atomic mass is 10.1. The topological polar surface area (TPSA) is 82.2 Å². The maximum atomic E-state index is 13.1. The summed E-state index contributed by atoms with van der Waals surface area (Å²) in [5.41, 5.74) is 3.30. The van der Waals surface area contributed by atoms with Gasteiger partial charge in [0.2, 0.25) is 0 Å². The van der Waals surface area contributed by atoms with Crippen LogP contribution in [0.15, 0.2) is 77.7 Å². The van der Waals surface area contributed by atoms with Crippen LogP contribution in [0.5, 0.6) is 0 Å². The molecule has 0 N–H and O–H groups in total. The van der Waals surface area contributed by atoms with Gasteiger partial charge < -0.3 is 9.64 Å². The maximum Gasteiger partial charge on any atom is 0.274 e. The van der Waals surface area contributed by atoms with E-state index in [1.807, 2.05) is 60.8 Å². The fourth-order valence-electron chi connectivity index (χ4n) is 3.51. The molecule has 4 rings (SSSR count). The number of para-hydroxylation sites is 1. The van der Waals surface area contributed by atoms with E-state index >= 15 is 0 Å². The van der Waals surface area contributed by atoms with Gasteiger partial charge in [0.05, 0.1) is 24.5 Å². The predicted molar refractivity (Wildman–Crippen MR) is 130 cm³/mol. The van der Waals surface area contributed by atoms with Crippen molar-refractivity contribution in [3.63, 3.8) is 0 Å². The number of ether oxygens (including phenoxy) is 1. The molecule has 0 atom stereocenters. The number of nitrogens with zero attached hydrogens (tertiary/aromatic N) is 5. The third-order valence-corrected chi connectivity index (χ3v) is 5.53. The van der Waals surface area contributed by atoms with Crippen LogP contribution in [0.1, 0.15) is 16.1 Å². The molecule has 8 nitrogen and oxygen atoms in total. The van der Waals surface area contributed by atoms with Crippen LogP contribution >= 0.6 is 11.6 Å². The van der Waals surface area contributed by atoms with Crippen molar-refractivity contribution in [2.24, 2.45) is 0 Å². The molecule has 1 amide bonds. The number of methoxy groups -OCH3 is 1. The average Bonchev–Trinajstić information content (AvgIpc) is 3.27. The summed E-state index contributed by atoms with van der Waals surface area (Å²) in [7, 11) is 3.24. The number of hydrogen-bond acceptors (Lipinski definition) is 5. The largest absolute Gasteiger partial charge is 0.383 e. The fraction of sp³-hybridized carbons (Fsp3) is 0.200. The summed E-state index contributed by atoms with van der Waals surface area (Å²) in [5, 5.41) is 9.63. The third-order valence-electron chi connectivity index (χ3n) is 5.28. The van der Waals surface area contributed by atoms with Gasteiger partial charge in [-0.05, 0) is 30.3 Å². The normalized spacial score (nSPS) is 10.9.